The van der Waals surface area contributed by atoms with E-state index in [4.69, 9.17) is 4.42 Å². The van der Waals surface area contributed by atoms with Crippen LogP contribution in [0.2, 0.25) is 0 Å². The van der Waals surface area contributed by atoms with E-state index in [1.54, 1.807) is 25.1 Å². The van der Waals surface area contributed by atoms with E-state index in [1.165, 1.54) is 4.90 Å². The quantitative estimate of drug-likeness (QED) is 0.875. The SMILES string of the molecule is CN1C(=O)C(O)c2ccc(SCc3ccco3)cc21. The molecule has 2 aromatic rings. The van der Waals surface area contributed by atoms with Crippen LogP contribution in [0.4, 0.5) is 5.69 Å². The summed E-state index contributed by atoms with van der Waals surface area (Å²) in [5.41, 5.74) is 1.46. The first-order valence-corrected chi connectivity index (χ1v) is 6.90. The van der Waals surface area contributed by atoms with Crippen molar-refractivity contribution in [3.05, 3.63) is 47.9 Å². The van der Waals surface area contributed by atoms with Gasteiger partial charge in [0.2, 0.25) is 0 Å². The van der Waals surface area contributed by atoms with Crippen LogP contribution in [0.25, 0.3) is 0 Å². The summed E-state index contributed by atoms with van der Waals surface area (Å²) >= 11 is 1.64. The van der Waals surface area contributed by atoms with E-state index in [0.29, 0.717) is 5.56 Å². The molecule has 2 heterocycles. The van der Waals surface area contributed by atoms with E-state index in [1.807, 2.05) is 30.3 Å². The number of hydrogen-bond donors (Lipinski definition) is 1. The molecule has 1 aliphatic heterocycles. The highest BCUT2D eigenvalue weighted by atomic mass is 32.2. The molecule has 0 radical (unpaired) electrons. The minimum atomic E-state index is -1.02. The smallest absolute Gasteiger partial charge is 0.260 e. The second-order valence-corrected chi connectivity index (χ2v) is 5.44. The lowest BCUT2D eigenvalue weighted by Gasteiger charge is -2.10. The number of rotatable bonds is 3. The predicted molar refractivity (Wildman–Crippen MR) is 73.1 cm³/mol. The summed E-state index contributed by atoms with van der Waals surface area (Å²) in [6, 6.07) is 9.45. The molecule has 0 saturated heterocycles. The zero-order chi connectivity index (χ0) is 13.4. The highest BCUT2D eigenvalue weighted by Crippen LogP contribution is 2.37. The van der Waals surface area contributed by atoms with Crippen molar-refractivity contribution in [2.45, 2.75) is 16.8 Å². The van der Waals surface area contributed by atoms with Gasteiger partial charge in [-0.15, -0.1) is 11.8 Å². The molecule has 0 saturated carbocycles. The monoisotopic (exact) mass is 275 g/mol. The molecule has 1 aliphatic rings. The van der Waals surface area contributed by atoms with E-state index < -0.39 is 6.10 Å². The Kier molecular flexibility index (Phi) is 3.08. The van der Waals surface area contributed by atoms with Crippen molar-refractivity contribution in [2.24, 2.45) is 0 Å². The van der Waals surface area contributed by atoms with Crippen LogP contribution >= 0.6 is 11.8 Å². The molecular formula is C14H13NO3S. The summed E-state index contributed by atoms with van der Waals surface area (Å²) in [6.07, 6.45) is 0.630. The van der Waals surface area contributed by atoms with Crippen molar-refractivity contribution in [1.82, 2.24) is 0 Å². The lowest BCUT2D eigenvalue weighted by Crippen LogP contribution is -2.23. The Morgan fingerprint density at radius 3 is 3.00 bits per heavy atom. The number of hydrogen-bond acceptors (Lipinski definition) is 4. The van der Waals surface area contributed by atoms with Crippen molar-refractivity contribution >= 4 is 23.4 Å². The fourth-order valence-electron chi connectivity index (χ4n) is 2.12. The number of aliphatic hydroxyl groups is 1. The van der Waals surface area contributed by atoms with Gasteiger partial charge in [-0.3, -0.25) is 4.79 Å². The molecule has 1 unspecified atom stereocenters. The molecule has 1 aromatic heterocycles. The number of nitrogens with zero attached hydrogens (tertiary/aromatic N) is 1. The molecule has 98 valence electrons. The summed E-state index contributed by atoms with van der Waals surface area (Å²) in [5, 5.41) is 9.78. The topological polar surface area (TPSA) is 53.7 Å². The Morgan fingerprint density at radius 1 is 1.42 bits per heavy atom. The molecule has 1 aromatic carbocycles. The average Bonchev–Trinajstić information content (AvgIpc) is 3.01. The zero-order valence-electron chi connectivity index (χ0n) is 10.4. The van der Waals surface area contributed by atoms with Crippen LogP contribution in [-0.4, -0.2) is 18.1 Å². The van der Waals surface area contributed by atoms with Crippen molar-refractivity contribution < 1.29 is 14.3 Å². The fraction of sp³-hybridized carbons (Fsp3) is 0.214. The van der Waals surface area contributed by atoms with E-state index in [9.17, 15) is 9.90 Å². The van der Waals surface area contributed by atoms with Gasteiger partial charge >= 0.3 is 0 Å². The fourth-order valence-corrected chi connectivity index (χ4v) is 2.95. The summed E-state index contributed by atoms with van der Waals surface area (Å²) in [6.45, 7) is 0. The number of benzene rings is 1. The van der Waals surface area contributed by atoms with Crippen LogP contribution < -0.4 is 4.90 Å². The Bertz CT molecular complexity index is 609. The molecule has 3 rings (SSSR count). The Labute approximate surface area is 115 Å². The lowest BCUT2D eigenvalue weighted by molar-refractivity contribution is -0.125. The van der Waals surface area contributed by atoms with Gasteiger partial charge in [0.05, 0.1) is 17.7 Å². The molecule has 0 fully saturated rings. The van der Waals surface area contributed by atoms with Gasteiger partial charge in [-0.2, -0.15) is 0 Å². The van der Waals surface area contributed by atoms with Crippen molar-refractivity contribution in [1.29, 1.82) is 0 Å². The van der Waals surface area contributed by atoms with Gasteiger partial charge in [-0.1, -0.05) is 6.07 Å². The summed E-state index contributed by atoms with van der Waals surface area (Å²) in [5.74, 6) is 1.38. The minimum Gasteiger partial charge on any atom is -0.468 e. The third-order valence-electron chi connectivity index (χ3n) is 3.18. The number of aliphatic hydroxyl groups excluding tert-OH is 1. The number of thioether (sulfide) groups is 1. The number of anilines is 1. The molecule has 4 nitrogen and oxygen atoms in total. The van der Waals surface area contributed by atoms with Crippen LogP contribution in [0.5, 0.6) is 0 Å². The molecular weight excluding hydrogens is 262 g/mol. The maximum atomic E-state index is 11.7. The molecule has 0 bridgehead atoms. The second-order valence-electron chi connectivity index (χ2n) is 4.39. The molecule has 0 aliphatic carbocycles. The number of furan rings is 1. The molecule has 0 spiro atoms. The molecule has 1 N–H and O–H groups in total. The largest absolute Gasteiger partial charge is 0.468 e. The first-order chi connectivity index (χ1) is 9.16. The van der Waals surface area contributed by atoms with Gasteiger partial charge in [0.15, 0.2) is 6.10 Å². The van der Waals surface area contributed by atoms with E-state index in [0.717, 1.165) is 22.1 Å². The lowest BCUT2D eigenvalue weighted by atomic mass is 10.1. The highest BCUT2D eigenvalue weighted by molar-refractivity contribution is 7.98. The number of amides is 1. The van der Waals surface area contributed by atoms with Crippen molar-refractivity contribution in [3.8, 4) is 0 Å². The van der Waals surface area contributed by atoms with E-state index in [2.05, 4.69) is 0 Å². The molecule has 19 heavy (non-hydrogen) atoms. The standard InChI is InChI=1S/C14H13NO3S/c1-15-12-7-10(19-8-9-3-2-6-18-9)4-5-11(12)13(16)14(15)17/h2-7,13,16H,8H2,1H3. The summed E-state index contributed by atoms with van der Waals surface area (Å²) in [7, 11) is 1.68. The summed E-state index contributed by atoms with van der Waals surface area (Å²) in [4.78, 5) is 14.2. The van der Waals surface area contributed by atoms with E-state index >= 15 is 0 Å². The number of likely N-dealkylation sites (N-methyl/N-ethyl adjacent to an activating group) is 1. The maximum Gasteiger partial charge on any atom is 0.260 e. The first kappa shape index (κ1) is 12.3. The predicted octanol–water partition coefficient (Wildman–Crippen LogP) is 2.58. The zero-order valence-corrected chi connectivity index (χ0v) is 11.2. The van der Waals surface area contributed by atoms with Crippen LogP contribution in [0, 0.1) is 0 Å². The minimum absolute atomic E-state index is 0.275. The number of carbonyl (C=O) groups is 1. The van der Waals surface area contributed by atoms with E-state index in [-0.39, 0.29) is 5.91 Å². The van der Waals surface area contributed by atoms with Gasteiger partial charge in [-0.25, -0.2) is 0 Å². The Morgan fingerprint density at radius 2 is 2.26 bits per heavy atom. The molecule has 5 heteroatoms. The molecule has 1 amide bonds. The highest BCUT2D eigenvalue weighted by Gasteiger charge is 2.33. The Hall–Kier alpha value is -1.72. The molecule has 1 atom stereocenters. The van der Waals surface area contributed by atoms with Crippen LogP contribution in [0.15, 0.2) is 45.9 Å². The van der Waals surface area contributed by atoms with Crippen LogP contribution in [-0.2, 0) is 10.5 Å². The first-order valence-electron chi connectivity index (χ1n) is 5.91. The number of fused-ring (bicyclic) bond motifs is 1. The van der Waals surface area contributed by atoms with Gasteiger partial charge < -0.3 is 14.4 Å². The van der Waals surface area contributed by atoms with Crippen molar-refractivity contribution in [2.75, 3.05) is 11.9 Å². The van der Waals surface area contributed by atoms with Crippen molar-refractivity contribution in [3.63, 3.8) is 0 Å². The van der Waals surface area contributed by atoms with Gasteiger partial charge in [0.25, 0.3) is 5.91 Å². The Balaban J connectivity index is 1.81. The van der Waals surface area contributed by atoms with Crippen LogP contribution in [0.3, 0.4) is 0 Å². The second kappa shape index (κ2) is 4.75. The maximum absolute atomic E-state index is 11.7. The third kappa shape index (κ3) is 2.15. The third-order valence-corrected chi connectivity index (χ3v) is 4.20. The summed E-state index contributed by atoms with van der Waals surface area (Å²) < 4.78 is 5.28. The average molecular weight is 275 g/mol. The van der Waals surface area contributed by atoms with Gasteiger partial charge in [0.1, 0.15) is 5.76 Å². The van der Waals surface area contributed by atoms with Gasteiger partial charge in [-0.05, 0) is 24.3 Å². The van der Waals surface area contributed by atoms with Crippen LogP contribution in [0.1, 0.15) is 17.4 Å². The normalized spacial score (nSPS) is 17.9. The number of carbonyl (C=O) groups excluding carboxylic acids is 1. The van der Waals surface area contributed by atoms with Gasteiger partial charge in [0, 0.05) is 17.5 Å².